The Balaban J connectivity index is 2.00. The number of thioether (sulfide) groups is 1. The van der Waals surface area contributed by atoms with E-state index in [9.17, 15) is 0 Å². The molecule has 0 heterocycles. The third kappa shape index (κ3) is 3.77. The molecular formula is C15H16ClNS. The van der Waals surface area contributed by atoms with Crippen LogP contribution >= 0.6 is 23.4 Å². The van der Waals surface area contributed by atoms with Gasteiger partial charge >= 0.3 is 0 Å². The summed E-state index contributed by atoms with van der Waals surface area (Å²) in [4.78, 5) is 1.20. The van der Waals surface area contributed by atoms with Crippen LogP contribution in [0.2, 0.25) is 5.02 Å². The number of hydrogen-bond donors (Lipinski definition) is 1. The van der Waals surface area contributed by atoms with Crippen molar-refractivity contribution in [1.82, 2.24) is 0 Å². The van der Waals surface area contributed by atoms with Crippen LogP contribution in [0.25, 0.3) is 0 Å². The Bertz CT molecular complexity index is 499. The highest BCUT2D eigenvalue weighted by Crippen LogP contribution is 2.27. The maximum atomic E-state index is 6.22. The van der Waals surface area contributed by atoms with E-state index in [2.05, 4.69) is 36.4 Å². The van der Waals surface area contributed by atoms with Crippen LogP contribution in [-0.4, -0.2) is 6.54 Å². The molecule has 0 amide bonds. The van der Waals surface area contributed by atoms with Crippen LogP contribution in [0.3, 0.4) is 0 Å². The van der Waals surface area contributed by atoms with Gasteiger partial charge in [-0.25, -0.2) is 0 Å². The van der Waals surface area contributed by atoms with Crippen LogP contribution in [0.4, 0.5) is 0 Å². The van der Waals surface area contributed by atoms with E-state index in [1.807, 2.05) is 12.1 Å². The van der Waals surface area contributed by atoms with Crippen molar-refractivity contribution in [2.24, 2.45) is 5.73 Å². The number of nitrogens with two attached hydrogens (primary N) is 1. The van der Waals surface area contributed by atoms with Gasteiger partial charge in [0.15, 0.2) is 0 Å². The largest absolute Gasteiger partial charge is 0.330 e. The number of halogens is 1. The van der Waals surface area contributed by atoms with E-state index in [0.717, 1.165) is 22.8 Å². The molecule has 0 fully saturated rings. The first-order valence-corrected chi connectivity index (χ1v) is 7.31. The van der Waals surface area contributed by atoms with Crippen molar-refractivity contribution in [3.8, 4) is 0 Å². The normalized spacial score (nSPS) is 10.6. The molecule has 0 aliphatic carbocycles. The molecule has 0 atom stereocenters. The van der Waals surface area contributed by atoms with Gasteiger partial charge in [0.2, 0.25) is 0 Å². The second-order valence-corrected chi connectivity index (χ2v) is 5.52. The summed E-state index contributed by atoms with van der Waals surface area (Å²) in [5.41, 5.74) is 7.99. The number of rotatable bonds is 5. The lowest BCUT2D eigenvalue weighted by atomic mass is 10.1. The van der Waals surface area contributed by atoms with Crippen LogP contribution in [0.15, 0.2) is 53.4 Å². The van der Waals surface area contributed by atoms with Crippen molar-refractivity contribution in [2.75, 3.05) is 6.54 Å². The summed E-state index contributed by atoms with van der Waals surface area (Å²) >= 11 is 8.02. The Morgan fingerprint density at radius 1 is 1.06 bits per heavy atom. The van der Waals surface area contributed by atoms with E-state index in [1.165, 1.54) is 10.5 Å². The molecule has 0 aliphatic heterocycles. The van der Waals surface area contributed by atoms with E-state index in [1.54, 1.807) is 11.8 Å². The molecule has 0 unspecified atom stereocenters. The zero-order valence-electron chi connectivity index (χ0n) is 10.1. The fourth-order valence-electron chi connectivity index (χ4n) is 1.72. The summed E-state index contributed by atoms with van der Waals surface area (Å²) in [5.74, 6) is 0.966. The number of hydrogen-bond acceptors (Lipinski definition) is 2. The summed E-state index contributed by atoms with van der Waals surface area (Å²) in [7, 11) is 0. The van der Waals surface area contributed by atoms with Crippen LogP contribution in [0.1, 0.15) is 11.1 Å². The minimum Gasteiger partial charge on any atom is -0.330 e. The van der Waals surface area contributed by atoms with E-state index in [0.29, 0.717) is 6.54 Å². The molecule has 2 aromatic carbocycles. The molecule has 0 spiro atoms. The zero-order valence-corrected chi connectivity index (χ0v) is 11.7. The van der Waals surface area contributed by atoms with Gasteiger partial charge in [0.25, 0.3) is 0 Å². The van der Waals surface area contributed by atoms with Gasteiger partial charge < -0.3 is 5.73 Å². The molecule has 0 aromatic heterocycles. The first-order chi connectivity index (χ1) is 8.79. The second kappa shape index (κ2) is 6.83. The zero-order chi connectivity index (χ0) is 12.8. The van der Waals surface area contributed by atoms with Crippen molar-refractivity contribution >= 4 is 23.4 Å². The molecule has 0 saturated carbocycles. The fourth-order valence-corrected chi connectivity index (χ4v) is 2.95. The van der Waals surface area contributed by atoms with Crippen LogP contribution < -0.4 is 5.73 Å². The molecule has 0 radical (unpaired) electrons. The lowest BCUT2D eigenvalue weighted by Gasteiger charge is -2.06. The monoisotopic (exact) mass is 277 g/mol. The summed E-state index contributed by atoms with van der Waals surface area (Å²) in [6, 6.07) is 16.6. The van der Waals surface area contributed by atoms with Gasteiger partial charge in [-0.1, -0.05) is 48.0 Å². The van der Waals surface area contributed by atoms with Crippen LogP contribution in [0, 0.1) is 0 Å². The molecule has 1 nitrogen and oxygen atoms in total. The molecule has 2 rings (SSSR count). The lowest BCUT2D eigenvalue weighted by Crippen LogP contribution is -2.02. The summed E-state index contributed by atoms with van der Waals surface area (Å²) < 4.78 is 0. The third-order valence-electron chi connectivity index (χ3n) is 2.69. The molecule has 2 aromatic rings. The van der Waals surface area contributed by atoms with Gasteiger partial charge in [-0.05, 0) is 36.2 Å². The molecular weight excluding hydrogens is 262 g/mol. The van der Waals surface area contributed by atoms with Crippen molar-refractivity contribution in [3.05, 3.63) is 64.7 Å². The third-order valence-corrected chi connectivity index (χ3v) is 4.10. The minimum absolute atomic E-state index is 0.635. The molecule has 0 saturated heterocycles. The van der Waals surface area contributed by atoms with E-state index >= 15 is 0 Å². The summed E-state index contributed by atoms with van der Waals surface area (Å²) in [5, 5.41) is 0.818. The van der Waals surface area contributed by atoms with Gasteiger partial charge in [-0.15, -0.1) is 11.8 Å². The highest BCUT2D eigenvalue weighted by atomic mass is 35.5. The molecule has 2 N–H and O–H groups in total. The lowest BCUT2D eigenvalue weighted by molar-refractivity contribution is 0.967. The molecule has 94 valence electrons. The SMILES string of the molecule is NCCc1ccc(SCc2ccccc2)cc1Cl. The predicted molar refractivity (Wildman–Crippen MR) is 80.2 cm³/mol. The highest BCUT2D eigenvalue weighted by molar-refractivity contribution is 7.98. The first kappa shape index (κ1) is 13.5. The van der Waals surface area contributed by atoms with Gasteiger partial charge in [0.05, 0.1) is 0 Å². The smallest absolute Gasteiger partial charge is 0.0449 e. The van der Waals surface area contributed by atoms with Crippen LogP contribution in [0.5, 0.6) is 0 Å². The summed E-state index contributed by atoms with van der Waals surface area (Å²) in [6.07, 6.45) is 0.836. The summed E-state index contributed by atoms with van der Waals surface area (Å²) in [6.45, 7) is 0.635. The maximum Gasteiger partial charge on any atom is 0.0449 e. The van der Waals surface area contributed by atoms with Gasteiger partial charge in [-0.3, -0.25) is 0 Å². The van der Waals surface area contributed by atoms with Gasteiger partial charge in [-0.2, -0.15) is 0 Å². The van der Waals surface area contributed by atoms with E-state index < -0.39 is 0 Å². The Kier molecular flexibility index (Phi) is 5.12. The number of benzene rings is 2. The Hall–Kier alpha value is -0.960. The van der Waals surface area contributed by atoms with Gasteiger partial charge in [0.1, 0.15) is 0 Å². The highest BCUT2D eigenvalue weighted by Gasteiger charge is 2.02. The Morgan fingerprint density at radius 3 is 2.50 bits per heavy atom. The topological polar surface area (TPSA) is 26.0 Å². The molecule has 0 aliphatic rings. The van der Waals surface area contributed by atoms with Gasteiger partial charge in [0, 0.05) is 15.7 Å². The average Bonchev–Trinajstić information content (AvgIpc) is 2.41. The standard InChI is InChI=1S/C15H16ClNS/c16-15-10-14(7-6-13(15)8-9-17)18-11-12-4-2-1-3-5-12/h1-7,10H,8-9,11,17H2. The average molecular weight is 278 g/mol. The predicted octanol–water partition coefficient (Wildman–Crippen LogP) is 4.13. The second-order valence-electron chi connectivity index (χ2n) is 4.07. The Morgan fingerprint density at radius 2 is 1.83 bits per heavy atom. The van der Waals surface area contributed by atoms with Crippen molar-refractivity contribution in [3.63, 3.8) is 0 Å². The van der Waals surface area contributed by atoms with Crippen molar-refractivity contribution in [1.29, 1.82) is 0 Å². The molecule has 3 heteroatoms. The minimum atomic E-state index is 0.635. The quantitative estimate of drug-likeness (QED) is 0.832. The molecule has 0 bridgehead atoms. The fraction of sp³-hybridized carbons (Fsp3) is 0.200. The van der Waals surface area contributed by atoms with E-state index in [-0.39, 0.29) is 0 Å². The molecule has 18 heavy (non-hydrogen) atoms. The maximum absolute atomic E-state index is 6.22. The first-order valence-electron chi connectivity index (χ1n) is 5.95. The van der Waals surface area contributed by atoms with Crippen molar-refractivity contribution in [2.45, 2.75) is 17.1 Å². The van der Waals surface area contributed by atoms with E-state index in [4.69, 9.17) is 17.3 Å². The Labute approximate surface area is 117 Å². The van der Waals surface area contributed by atoms with Crippen molar-refractivity contribution < 1.29 is 0 Å². The van der Waals surface area contributed by atoms with Crippen LogP contribution in [-0.2, 0) is 12.2 Å².